The molecule has 1 heterocycles. The van der Waals surface area contributed by atoms with E-state index >= 15 is 0 Å². The Morgan fingerprint density at radius 3 is 2.57 bits per heavy atom. The minimum Gasteiger partial charge on any atom is -0.484 e. The Kier molecular flexibility index (Phi) is 4.50. The number of carboxylic acids is 1. The third-order valence-corrected chi connectivity index (χ3v) is 4.09. The number of hydrogen-bond acceptors (Lipinski definition) is 3. The van der Waals surface area contributed by atoms with E-state index in [2.05, 4.69) is 0 Å². The van der Waals surface area contributed by atoms with E-state index < -0.39 is 11.4 Å². The predicted molar refractivity (Wildman–Crippen MR) is 78.2 cm³/mol. The normalized spacial score (nSPS) is 17.3. The van der Waals surface area contributed by atoms with Crippen LogP contribution in [0.15, 0.2) is 24.3 Å². The fourth-order valence-electron chi connectivity index (χ4n) is 2.40. The highest BCUT2D eigenvalue weighted by Gasteiger charge is 2.37. The molecule has 0 saturated carbocycles. The number of carbonyl (C=O) groups excluding carboxylic acids is 1. The van der Waals surface area contributed by atoms with Gasteiger partial charge in [-0.1, -0.05) is 12.1 Å². The summed E-state index contributed by atoms with van der Waals surface area (Å²) in [6, 6.07) is 7.54. The van der Waals surface area contributed by atoms with Crippen LogP contribution in [0.3, 0.4) is 0 Å². The van der Waals surface area contributed by atoms with Crippen molar-refractivity contribution in [2.24, 2.45) is 5.41 Å². The summed E-state index contributed by atoms with van der Waals surface area (Å²) >= 11 is 0. The molecule has 0 radical (unpaired) electrons. The van der Waals surface area contributed by atoms with Crippen LogP contribution in [0.4, 0.5) is 0 Å². The number of piperidine rings is 1. The number of carbonyl (C=O) groups is 2. The first-order chi connectivity index (χ1) is 9.90. The minimum atomic E-state index is -0.786. The summed E-state index contributed by atoms with van der Waals surface area (Å²) in [5.41, 5.74) is 0.365. The van der Waals surface area contributed by atoms with Crippen molar-refractivity contribution < 1.29 is 19.4 Å². The predicted octanol–water partition coefficient (Wildman–Crippen LogP) is 2.09. The van der Waals surface area contributed by atoms with Crippen LogP contribution < -0.4 is 4.74 Å². The van der Waals surface area contributed by atoms with Gasteiger partial charge in [-0.3, -0.25) is 9.59 Å². The van der Waals surface area contributed by atoms with Crippen LogP contribution in [0.2, 0.25) is 0 Å². The van der Waals surface area contributed by atoms with E-state index in [0.717, 1.165) is 5.56 Å². The van der Waals surface area contributed by atoms with Gasteiger partial charge in [-0.25, -0.2) is 0 Å². The molecular weight excluding hydrogens is 270 g/mol. The fourth-order valence-corrected chi connectivity index (χ4v) is 2.40. The van der Waals surface area contributed by atoms with Crippen LogP contribution >= 0.6 is 0 Å². The molecule has 1 amide bonds. The van der Waals surface area contributed by atoms with Gasteiger partial charge >= 0.3 is 5.97 Å². The maximum absolute atomic E-state index is 12.1. The average Bonchev–Trinajstić information content (AvgIpc) is 2.45. The van der Waals surface area contributed by atoms with E-state index in [9.17, 15) is 14.7 Å². The molecule has 1 aliphatic heterocycles. The molecule has 0 bridgehead atoms. The van der Waals surface area contributed by atoms with Gasteiger partial charge in [0.25, 0.3) is 5.91 Å². The minimum absolute atomic E-state index is 0.00671. The molecule has 114 valence electrons. The molecule has 0 aliphatic carbocycles. The molecular formula is C16H21NO4. The number of amides is 1. The number of aryl methyl sites for hydroxylation is 1. The highest BCUT2D eigenvalue weighted by atomic mass is 16.5. The second-order valence-corrected chi connectivity index (χ2v) is 5.85. The largest absolute Gasteiger partial charge is 0.484 e. The lowest BCUT2D eigenvalue weighted by Gasteiger charge is -2.36. The summed E-state index contributed by atoms with van der Waals surface area (Å²) in [4.78, 5) is 24.9. The Morgan fingerprint density at radius 2 is 2.00 bits per heavy atom. The number of benzene rings is 1. The van der Waals surface area contributed by atoms with Gasteiger partial charge in [-0.15, -0.1) is 0 Å². The van der Waals surface area contributed by atoms with Gasteiger partial charge < -0.3 is 14.7 Å². The van der Waals surface area contributed by atoms with Gasteiger partial charge in [0, 0.05) is 13.1 Å². The van der Waals surface area contributed by atoms with Crippen LogP contribution in [0.1, 0.15) is 25.3 Å². The lowest BCUT2D eigenvalue weighted by atomic mass is 9.80. The topological polar surface area (TPSA) is 66.8 Å². The van der Waals surface area contributed by atoms with E-state index in [0.29, 0.717) is 31.7 Å². The first kappa shape index (κ1) is 15.4. The number of nitrogens with zero attached hydrogens (tertiary/aromatic N) is 1. The van der Waals surface area contributed by atoms with E-state index in [4.69, 9.17) is 4.74 Å². The Labute approximate surface area is 124 Å². The molecule has 1 saturated heterocycles. The van der Waals surface area contributed by atoms with Crippen molar-refractivity contribution in [3.63, 3.8) is 0 Å². The molecule has 0 aromatic heterocycles. The summed E-state index contributed by atoms with van der Waals surface area (Å²) in [6.45, 7) is 4.64. The molecule has 1 aliphatic rings. The zero-order valence-corrected chi connectivity index (χ0v) is 12.5. The van der Waals surface area contributed by atoms with Crippen LogP contribution in [0, 0.1) is 12.3 Å². The Hall–Kier alpha value is -2.04. The molecule has 0 spiro atoms. The lowest BCUT2D eigenvalue weighted by molar-refractivity contribution is -0.153. The maximum Gasteiger partial charge on any atom is 0.309 e. The molecule has 2 rings (SSSR count). The van der Waals surface area contributed by atoms with Crippen LogP contribution in [0.5, 0.6) is 5.75 Å². The molecule has 1 fully saturated rings. The highest BCUT2D eigenvalue weighted by Crippen LogP contribution is 2.31. The third-order valence-electron chi connectivity index (χ3n) is 4.09. The van der Waals surface area contributed by atoms with E-state index in [-0.39, 0.29) is 12.5 Å². The van der Waals surface area contributed by atoms with Gasteiger partial charge in [0.15, 0.2) is 6.61 Å². The van der Waals surface area contributed by atoms with Gasteiger partial charge in [0.1, 0.15) is 5.75 Å². The van der Waals surface area contributed by atoms with Crippen molar-refractivity contribution in [1.82, 2.24) is 4.90 Å². The van der Waals surface area contributed by atoms with Crippen molar-refractivity contribution >= 4 is 11.9 Å². The quantitative estimate of drug-likeness (QED) is 0.922. The molecule has 21 heavy (non-hydrogen) atoms. The van der Waals surface area contributed by atoms with Gasteiger partial charge in [0.2, 0.25) is 0 Å². The lowest BCUT2D eigenvalue weighted by Crippen LogP contribution is -2.46. The van der Waals surface area contributed by atoms with Gasteiger partial charge in [0.05, 0.1) is 5.41 Å². The van der Waals surface area contributed by atoms with Crippen molar-refractivity contribution in [2.75, 3.05) is 19.7 Å². The fraction of sp³-hybridized carbons (Fsp3) is 0.500. The number of ether oxygens (including phenoxy) is 1. The summed E-state index contributed by atoms with van der Waals surface area (Å²) in [7, 11) is 0. The summed E-state index contributed by atoms with van der Waals surface area (Å²) in [5.74, 6) is -0.203. The monoisotopic (exact) mass is 291 g/mol. The van der Waals surface area contributed by atoms with E-state index in [1.54, 1.807) is 11.8 Å². The number of likely N-dealkylation sites (tertiary alicyclic amines) is 1. The molecule has 5 heteroatoms. The van der Waals surface area contributed by atoms with Crippen molar-refractivity contribution in [1.29, 1.82) is 0 Å². The highest BCUT2D eigenvalue weighted by molar-refractivity contribution is 5.79. The number of rotatable bonds is 4. The SMILES string of the molecule is Cc1cccc(OCC(=O)N2CCC(C)(C(=O)O)CC2)c1. The molecule has 1 aromatic rings. The smallest absolute Gasteiger partial charge is 0.309 e. The Balaban J connectivity index is 1.84. The van der Waals surface area contributed by atoms with E-state index in [1.165, 1.54) is 0 Å². The molecule has 0 unspecified atom stereocenters. The van der Waals surface area contributed by atoms with E-state index in [1.807, 2.05) is 31.2 Å². The zero-order chi connectivity index (χ0) is 15.5. The second-order valence-electron chi connectivity index (χ2n) is 5.85. The summed E-state index contributed by atoms with van der Waals surface area (Å²) in [6.07, 6.45) is 0.969. The Bertz CT molecular complexity index is 533. The summed E-state index contributed by atoms with van der Waals surface area (Å²) < 4.78 is 5.49. The molecule has 0 atom stereocenters. The molecule has 1 aromatic carbocycles. The Morgan fingerprint density at radius 1 is 1.33 bits per heavy atom. The number of hydrogen-bond donors (Lipinski definition) is 1. The third kappa shape index (κ3) is 3.74. The second kappa shape index (κ2) is 6.16. The standard InChI is InChI=1S/C16H21NO4/c1-12-4-3-5-13(10-12)21-11-14(18)17-8-6-16(2,7-9-17)15(19)20/h3-5,10H,6-9,11H2,1-2H3,(H,19,20). The zero-order valence-electron chi connectivity index (χ0n) is 12.5. The van der Waals surface area contributed by atoms with Gasteiger partial charge in [-0.05, 0) is 44.4 Å². The van der Waals surface area contributed by atoms with Crippen molar-refractivity contribution in [2.45, 2.75) is 26.7 Å². The molecule has 5 nitrogen and oxygen atoms in total. The van der Waals surface area contributed by atoms with Crippen LogP contribution in [0.25, 0.3) is 0 Å². The van der Waals surface area contributed by atoms with Crippen molar-refractivity contribution in [3.8, 4) is 5.75 Å². The molecule has 1 N–H and O–H groups in total. The first-order valence-corrected chi connectivity index (χ1v) is 7.11. The number of carboxylic acid groups (broad SMARTS) is 1. The van der Waals surface area contributed by atoms with Crippen LogP contribution in [-0.4, -0.2) is 41.6 Å². The average molecular weight is 291 g/mol. The van der Waals surface area contributed by atoms with Gasteiger partial charge in [-0.2, -0.15) is 0 Å². The summed E-state index contributed by atoms with van der Waals surface area (Å²) in [5, 5.41) is 9.17. The first-order valence-electron chi connectivity index (χ1n) is 7.11. The number of aliphatic carboxylic acids is 1. The maximum atomic E-state index is 12.1. The van der Waals surface area contributed by atoms with Crippen LogP contribution in [-0.2, 0) is 9.59 Å². The van der Waals surface area contributed by atoms with Crippen molar-refractivity contribution in [3.05, 3.63) is 29.8 Å².